The number of nitrogen functional groups attached to an aromatic ring is 1. The van der Waals surface area contributed by atoms with Crippen LogP contribution in [0.5, 0.6) is 5.88 Å². The maximum atomic E-state index is 5.59. The highest BCUT2D eigenvalue weighted by Crippen LogP contribution is 2.12. The van der Waals surface area contributed by atoms with E-state index in [1.165, 1.54) is 0 Å². The molecule has 16 heavy (non-hydrogen) atoms. The number of nitrogens with two attached hydrogens (primary N) is 1. The van der Waals surface area contributed by atoms with Crippen molar-refractivity contribution >= 4 is 5.69 Å². The molecule has 0 amide bonds. The summed E-state index contributed by atoms with van der Waals surface area (Å²) in [4.78, 5) is 8.20. The van der Waals surface area contributed by atoms with E-state index in [1.54, 1.807) is 12.4 Å². The highest BCUT2D eigenvalue weighted by Gasteiger charge is 2.01. The number of nitrogens with zero attached hydrogens (tertiary/aromatic N) is 2. The smallest absolute Gasteiger partial charge is 0.235 e. The summed E-state index contributed by atoms with van der Waals surface area (Å²) in [5.41, 5.74) is 8.19. The lowest BCUT2D eigenvalue weighted by Gasteiger charge is -2.06. The Kier molecular flexibility index (Phi) is 3.00. The fourth-order valence-corrected chi connectivity index (χ4v) is 1.30. The maximum absolute atomic E-state index is 5.59. The molecule has 2 N–H and O–H groups in total. The Bertz CT molecular complexity index is 468. The molecule has 0 saturated carbocycles. The van der Waals surface area contributed by atoms with Crippen molar-refractivity contribution in [2.24, 2.45) is 0 Å². The summed E-state index contributed by atoms with van der Waals surface area (Å²) in [6.07, 6.45) is 3.26. The standard InChI is InChI=1S/C12H13N3O/c1-9-12(15-7-6-14-9)16-8-10-2-4-11(13)5-3-10/h2-7H,8,13H2,1H3. The Balaban J connectivity index is 2.02. The van der Waals surface area contributed by atoms with Crippen molar-refractivity contribution in [2.45, 2.75) is 13.5 Å². The molecule has 4 nitrogen and oxygen atoms in total. The summed E-state index contributed by atoms with van der Waals surface area (Å²) in [5, 5.41) is 0. The first-order valence-corrected chi connectivity index (χ1v) is 5.00. The molecule has 0 aliphatic carbocycles. The van der Waals surface area contributed by atoms with Crippen molar-refractivity contribution < 1.29 is 4.74 Å². The second kappa shape index (κ2) is 4.61. The van der Waals surface area contributed by atoms with Crippen LogP contribution in [0.2, 0.25) is 0 Å². The van der Waals surface area contributed by atoms with Crippen LogP contribution in [0.3, 0.4) is 0 Å². The van der Waals surface area contributed by atoms with Crippen LogP contribution < -0.4 is 10.5 Å². The quantitative estimate of drug-likeness (QED) is 0.795. The van der Waals surface area contributed by atoms with E-state index in [0.717, 1.165) is 16.9 Å². The zero-order valence-electron chi connectivity index (χ0n) is 9.05. The number of ether oxygens (including phenoxy) is 1. The SMILES string of the molecule is Cc1nccnc1OCc1ccc(N)cc1. The van der Waals surface area contributed by atoms with Crippen molar-refractivity contribution in [2.75, 3.05) is 5.73 Å². The van der Waals surface area contributed by atoms with Crippen LogP contribution in [-0.4, -0.2) is 9.97 Å². The monoisotopic (exact) mass is 215 g/mol. The first kappa shape index (κ1) is 10.4. The lowest BCUT2D eigenvalue weighted by molar-refractivity contribution is 0.290. The van der Waals surface area contributed by atoms with Crippen LogP contribution >= 0.6 is 0 Å². The van der Waals surface area contributed by atoms with E-state index in [1.807, 2.05) is 31.2 Å². The number of aromatic nitrogens is 2. The molecule has 82 valence electrons. The van der Waals surface area contributed by atoms with Gasteiger partial charge in [-0.3, -0.25) is 4.98 Å². The Morgan fingerprint density at radius 1 is 1.12 bits per heavy atom. The Morgan fingerprint density at radius 3 is 2.50 bits per heavy atom. The van der Waals surface area contributed by atoms with Crippen LogP contribution in [0, 0.1) is 6.92 Å². The van der Waals surface area contributed by atoms with Gasteiger partial charge < -0.3 is 10.5 Å². The molecule has 1 heterocycles. The number of anilines is 1. The van der Waals surface area contributed by atoms with Crippen molar-refractivity contribution in [1.29, 1.82) is 0 Å². The van der Waals surface area contributed by atoms with Gasteiger partial charge in [0.1, 0.15) is 6.61 Å². The van der Waals surface area contributed by atoms with Gasteiger partial charge in [0, 0.05) is 18.1 Å². The molecule has 0 saturated heterocycles. The molecular formula is C12H13N3O. The zero-order chi connectivity index (χ0) is 11.4. The number of rotatable bonds is 3. The van der Waals surface area contributed by atoms with Gasteiger partial charge in [-0.2, -0.15) is 0 Å². The molecule has 2 aromatic rings. The summed E-state index contributed by atoms with van der Waals surface area (Å²) >= 11 is 0. The first-order valence-electron chi connectivity index (χ1n) is 5.00. The highest BCUT2D eigenvalue weighted by molar-refractivity contribution is 5.39. The molecule has 0 spiro atoms. The van der Waals surface area contributed by atoms with Gasteiger partial charge in [-0.05, 0) is 24.6 Å². The second-order valence-electron chi connectivity index (χ2n) is 3.48. The summed E-state index contributed by atoms with van der Waals surface area (Å²) < 4.78 is 5.55. The molecule has 0 unspecified atom stereocenters. The van der Waals surface area contributed by atoms with E-state index in [2.05, 4.69) is 9.97 Å². The average molecular weight is 215 g/mol. The van der Waals surface area contributed by atoms with E-state index in [4.69, 9.17) is 10.5 Å². The van der Waals surface area contributed by atoms with Gasteiger partial charge >= 0.3 is 0 Å². The van der Waals surface area contributed by atoms with Crippen LogP contribution in [0.1, 0.15) is 11.3 Å². The van der Waals surface area contributed by atoms with Gasteiger partial charge in [0.05, 0.1) is 5.69 Å². The third-order valence-electron chi connectivity index (χ3n) is 2.19. The first-order chi connectivity index (χ1) is 7.75. The predicted octanol–water partition coefficient (Wildman–Crippen LogP) is 1.95. The van der Waals surface area contributed by atoms with Crippen molar-refractivity contribution in [1.82, 2.24) is 9.97 Å². The van der Waals surface area contributed by atoms with Gasteiger partial charge in [-0.1, -0.05) is 12.1 Å². The molecule has 4 heteroatoms. The molecule has 0 fully saturated rings. The van der Waals surface area contributed by atoms with Crippen molar-refractivity contribution in [3.8, 4) is 5.88 Å². The summed E-state index contributed by atoms with van der Waals surface area (Å²) in [6.45, 7) is 2.34. The zero-order valence-corrected chi connectivity index (χ0v) is 9.05. The minimum Gasteiger partial charge on any atom is -0.472 e. The van der Waals surface area contributed by atoms with Gasteiger partial charge in [-0.15, -0.1) is 0 Å². The van der Waals surface area contributed by atoms with Crippen LogP contribution in [-0.2, 0) is 6.61 Å². The van der Waals surface area contributed by atoms with Crippen LogP contribution in [0.25, 0.3) is 0 Å². The second-order valence-corrected chi connectivity index (χ2v) is 3.48. The van der Waals surface area contributed by atoms with Crippen molar-refractivity contribution in [3.63, 3.8) is 0 Å². The normalized spacial score (nSPS) is 10.1. The molecule has 0 bridgehead atoms. The number of hydrogen-bond donors (Lipinski definition) is 1. The maximum Gasteiger partial charge on any atom is 0.235 e. The van der Waals surface area contributed by atoms with Gasteiger partial charge in [0.25, 0.3) is 0 Å². The van der Waals surface area contributed by atoms with Gasteiger partial charge in [0.2, 0.25) is 5.88 Å². The number of aryl methyl sites for hydroxylation is 1. The Hall–Kier alpha value is -2.10. The largest absolute Gasteiger partial charge is 0.472 e. The van der Waals surface area contributed by atoms with E-state index < -0.39 is 0 Å². The van der Waals surface area contributed by atoms with Gasteiger partial charge in [0.15, 0.2) is 0 Å². The predicted molar refractivity (Wildman–Crippen MR) is 62.0 cm³/mol. The minimum atomic E-state index is 0.472. The number of benzene rings is 1. The summed E-state index contributed by atoms with van der Waals surface area (Å²) in [7, 11) is 0. The lowest BCUT2D eigenvalue weighted by atomic mass is 10.2. The lowest BCUT2D eigenvalue weighted by Crippen LogP contribution is -2.00. The minimum absolute atomic E-state index is 0.472. The van der Waals surface area contributed by atoms with E-state index in [0.29, 0.717) is 12.5 Å². The summed E-state index contributed by atoms with van der Waals surface area (Å²) in [6, 6.07) is 7.56. The van der Waals surface area contributed by atoms with Crippen LogP contribution in [0.15, 0.2) is 36.7 Å². The van der Waals surface area contributed by atoms with E-state index in [-0.39, 0.29) is 0 Å². The average Bonchev–Trinajstić information content (AvgIpc) is 2.30. The Labute approximate surface area is 94.1 Å². The van der Waals surface area contributed by atoms with E-state index in [9.17, 15) is 0 Å². The fraction of sp³-hybridized carbons (Fsp3) is 0.167. The fourth-order valence-electron chi connectivity index (χ4n) is 1.30. The molecule has 2 rings (SSSR count). The Morgan fingerprint density at radius 2 is 1.81 bits per heavy atom. The van der Waals surface area contributed by atoms with E-state index >= 15 is 0 Å². The highest BCUT2D eigenvalue weighted by atomic mass is 16.5. The molecule has 1 aromatic heterocycles. The van der Waals surface area contributed by atoms with Crippen LogP contribution in [0.4, 0.5) is 5.69 Å². The van der Waals surface area contributed by atoms with Crippen molar-refractivity contribution in [3.05, 3.63) is 47.9 Å². The van der Waals surface area contributed by atoms with Gasteiger partial charge in [-0.25, -0.2) is 4.98 Å². The summed E-state index contributed by atoms with van der Waals surface area (Å²) in [5.74, 6) is 0.569. The topological polar surface area (TPSA) is 61.0 Å². The molecule has 0 radical (unpaired) electrons. The molecule has 0 aliphatic rings. The number of hydrogen-bond acceptors (Lipinski definition) is 4. The molecular weight excluding hydrogens is 202 g/mol. The third-order valence-corrected chi connectivity index (χ3v) is 2.19. The molecule has 0 aliphatic heterocycles. The third kappa shape index (κ3) is 2.48. The molecule has 1 aromatic carbocycles. The molecule has 0 atom stereocenters.